The molecule has 4 N–H and O–H groups in total. The van der Waals surface area contributed by atoms with Gasteiger partial charge in [-0.25, -0.2) is 4.79 Å². The fourth-order valence-electron chi connectivity index (χ4n) is 7.34. The van der Waals surface area contributed by atoms with E-state index in [-0.39, 0.29) is 37.4 Å². The third-order valence-electron chi connectivity index (χ3n) is 9.04. The second-order valence-corrected chi connectivity index (χ2v) is 12.8. The maximum Gasteiger partial charge on any atom is 0.345 e. The number of carboxylic acid groups (broad SMARTS) is 1. The summed E-state index contributed by atoms with van der Waals surface area (Å²) < 4.78 is 5.03. The Balaban J connectivity index is 0.000000313. The Labute approximate surface area is 254 Å². The number of hydrogen-bond donors (Lipinski definition) is 3. The highest BCUT2D eigenvalue weighted by Crippen LogP contribution is 2.54. The highest BCUT2D eigenvalue weighted by atomic mass is 16.6. The van der Waals surface area contributed by atoms with E-state index >= 15 is 0 Å². The second-order valence-electron chi connectivity index (χ2n) is 12.8. The van der Waals surface area contributed by atoms with Crippen LogP contribution >= 0.6 is 0 Å². The molecule has 0 spiro atoms. The molecule has 0 radical (unpaired) electrons. The standard InChI is InChI=1S/C25H29NO6.C10H17N/c1-2-3-14-22(25(30)31)32-23(28)16-15-21(27)20(17-18-10-6-4-7-11-18)26-24(29)19-12-8-5-9-13-19;11-10-4-7-1-8(5-10)3-9(2-7)6-10/h4-13,20,22H,2-3,14-17H2,1H3,(H,26,29)(H,30,31);7-9H,1-6,11H2/t20-,22?;/m0./s1. The first-order chi connectivity index (χ1) is 20.6. The molecule has 4 aliphatic rings. The zero-order chi connectivity index (χ0) is 30.8. The van der Waals surface area contributed by atoms with Gasteiger partial charge in [-0.15, -0.1) is 0 Å². The van der Waals surface area contributed by atoms with Crippen LogP contribution in [0.25, 0.3) is 0 Å². The maximum absolute atomic E-state index is 12.9. The van der Waals surface area contributed by atoms with Gasteiger partial charge in [-0.2, -0.15) is 0 Å². The van der Waals surface area contributed by atoms with E-state index < -0.39 is 24.1 Å². The van der Waals surface area contributed by atoms with Gasteiger partial charge in [0.2, 0.25) is 0 Å². The predicted molar refractivity (Wildman–Crippen MR) is 164 cm³/mol. The fraction of sp³-hybridized carbons (Fsp3) is 0.543. The molecule has 43 heavy (non-hydrogen) atoms. The number of amides is 1. The number of nitrogens with one attached hydrogen (secondary N) is 1. The molecule has 4 saturated carbocycles. The summed E-state index contributed by atoms with van der Waals surface area (Å²) >= 11 is 0. The van der Waals surface area contributed by atoms with Crippen LogP contribution in [0.2, 0.25) is 0 Å². The number of carbonyl (C=O) groups is 4. The van der Waals surface area contributed by atoms with Crippen LogP contribution < -0.4 is 11.1 Å². The van der Waals surface area contributed by atoms with Gasteiger partial charge in [-0.1, -0.05) is 61.9 Å². The summed E-state index contributed by atoms with van der Waals surface area (Å²) in [6, 6.07) is 17.0. The predicted octanol–water partition coefficient (Wildman–Crippen LogP) is 5.48. The van der Waals surface area contributed by atoms with E-state index in [0.29, 0.717) is 17.5 Å². The molecule has 2 aromatic rings. The molecule has 1 unspecified atom stereocenters. The van der Waals surface area contributed by atoms with Crippen LogP contribution in [0.1, 0.15) is 93.5 Å². The lowest BCUT2D eigenvalue weighted by Crippen LogP contribution is -2.55. The normalized spacial score (nSPS) is 24.7. The highest BCUT2D eigenvalue weighted by molar-refractivity contribution is 5.98. The minimum atomic E-state index is -1.21. The van der Waals surface area contributed by atoms with Gasteiger partial charge in [0.15, 0.2) is 11.9 Å². The number of nitrogens with two attached hydrogens (primary N) is 1. The average molecular weight is 591 g/mol. The van der Waals surface area contributed by atoms with E-state index in [1.807, 2.05) is 37.3 Å². The molecule has 0 aromatic heterocycles. The van der Waals surface area contributed by atoms with Crippen molar-refractivity contribution >= 4 is 23.6 Å². The van der Waals surface area contributed by atoms with Crippen molar-refractivity contribution in [2.24, 2.45) is 23.5 Å². The van der Waals surface area contributed by atoms with Crippen molar-refractivity contribution in [3.05, 3.63) is 71.8 Å². The number of Topliss-reactive ketones (excluding diaryl/α,β-unsaturated/α-hetero) is 1. The van der Waals surface area contributed by atoms with Crippen LogP contribution in [0.15, 0.2) is 60.7 Å². The maximum atomic E-state index is 12.9. The first kappa shape index (κ1) is 32.4. The SMILES string of the molecule is CCCCC(OC(=O)CCC(=O)[C@H](Cc1ccccc1)NC(=O)c1ccccc1)C(=O)O.NC12CC3CC(CC(C3)C1)C2. The number of rotatable bonds is 13. The smallest absolute Gasteiger partial charge is 0.345 e. The molecule has 4 bridgehead atoms. The number of unbranched alkanes of at least 4 members (excludes halogenated alkanes) is 1. The lowest BCUT2D eigenvalue weighted by molar-refractivity contribution is -0.164. The molecule has 8 nitrogen and oxygen atoms in total. The van der Waals surface area contributed by atoms with Crippen molar-refractivity contribution in [2.45, 2.75) is 102 Å². The average Bonchev–Trinajstić information content (AvgIpc) is 2.97. The zero-order valence-corrected chi connectivity index (χ0v) is 25.2. The van der Waals surface area contributed by atoms with Gasteiger partial charge in [0.05, 0.1) is 12.5 Å². The van der Waals surface area contributed by atoms with Gasteiger partial charge < -0.3 is 20.9 Å². The topological polar surface area (TPSA) is 136 Å². The van der Waals surface area contributed by atoms with Gasteiger partial charge in [0, 0.05) is 17.5 Å². The Hall–Kier alpha value is -3.52. The summed E-state index contributed by atoms with van der Waals surface area (Å²) in [7, 11) is 0. The van der Waals surface area contributed by atoms with Crippen LogP contribution in [0.5, 0.6) is 0 Å². The number of esters is 1. The highest BCUT2D eigenvalue weighted by Gasteiger charge is 2.48. The van der Waals surface area contributed by atoms with Crippen molar-refractivity contribution < 1.29 is 29.0 Å². The number of hydrogen-bond acceptors (Lipinski definition) is 6. The van der Waals surface area contributed by atoms with Crippen LogP contribution in [-0.2, 0) is 25.5 Å². The van der Waals surface area contributed by atoms with E-state index in [0.717, 1.165) is 29.7 Å². The van der Waals surface area contributed by atoms with E-state index in [9.17, 15) is 24.3 Å². The van der Waals surface area contributed by atoms with Crippen molar-refractivity contribution in [3.8, 4) is 0 Å². The third kappa shape index (κ3) is 9.75. The molecule has 2 aromatic carbocycles. The number of carboxylic acids is 1. The largest absolute Gasteiger partial charge is 0.479 e. The summed E-state index contributed by atoms with van der Waals surface area (Å²) in [6.45, 7) is 1.91. The lowest BCUT2D eigenvalue weighted by atomic mass is 9.53. The Kier molecular flexibility index (Phi) is 11.5. The summed E-state index contributed by atoms with van der Waals surface area (Å²) in [5.41, 5.74) is 7.92. The van der Waals surface area contributed by atoms with Gasteiger partial charge in [0.1, 0.15) is 0 Å². The molecular formula is C35H46N2O6. The first-order valence-electron chi connectivity index (χ1n) is 15.8. The van der Waals surface area contributed by atoms with Crippen molar-refractivity contribution in [2.75, 3.05) is 0 Å². The van der Waals surface area contributed by atoms with Crippen molar-refractivity contribution in [1.29, 1.82) is 0 Å². The minimum absolute atomic E-state index is 0.161. The number of ether oxygens (including phenoxy) is 1. The van der Waals surface area contributed by atoms with E-state index in [4.69, 9.17) is 10.5 Å². The van der Waals surface area contributed by atoms with Crippen LogP contribution in [0.3, 0.4) is 0 Å². The Bertz CT molecular complexity index is 1200. The molecule has 8 heteroatoms. The van der Waals surface area contributed by atoms with Gasteiger partial charge >= 0.3 is 11.9 Å². The first-order valence-corrected chi connectivity index (χ1v) is 15.8. The minimum Gasteiger partial charge on any atom is -0.479 e. The molecule has 4 fully saturated rings. The molecule has 2 atom stereocenters. The Morgan fingerprint density at radius 3 is 1.98 bits per heavy atom. The molecule has 0 heterocycles. The summed E-state index contributed by atoms with van der Waals surface area (Å²) in [4.78, 5) is 48.8. The van der Waals surface area contributed by atoms with Crippen LogP contribution in [0, 0.1) is 17.8 Å². The van der Waals surface area contributed by atoms with E-state index in [1.165, 1.54) is 38.5 Å². The number of ketones is 1. The van der Waals surface area contributed by atoms with Gasteiger partial charge in [0.25, 0.3) is 5.91 Å². The molecular weight excluding hydrogens is 544 g/mol. The quantitative estimate of drug-likeness (QED) is 0.263. The molecule has 0 saturated heterocycles. The third-order valence-corrected chi connectivity index (χ3v) is 9.04. The fourth-order valence-corrected chi connectivity index (χ4v) is 7.34. The summed E-state index contributed by atoms with van der Waals surface area (Å²) in [5.74, 6) is 0.414. The zero-order valence-electron chi connectivity index (χ0n) is 25.2. The van der Waals surface area contributed by atoms with Gasteiger partial charge in [-0.3, -0.25) is 14.4 Å². The summed E-state index contributed by atoms with van der Waals surface area (Å²) in [5, 5.41) is 12.0. The number of carbonyl (C=O) groups excluding carboxylic acids is 3. The second kappa shape index (κ2) is 15.3. The summed E-state index contributed by atoms with van der Waals surface area (Å²) in [6.07, 6.45) is 8.86. The molecule has 0 aliphatic heterocycles. The van der Waals surface area contributed by atoms with Crippen LogP contribution in [-0.4, -0.2) is 46.4 Å². The Morgan fingerprint density at radius 1 is 0.907 bits per heavy atom. The molecule has 4 aliphatic carbocycles. The van der Waals surface area contributed by atoms with Gasteiger partial charge in [-0.05, 0) is 93.2 Å². The van der Waals surface area contributed by atoms with Crippen molar-refractivity contribution in [3.63, 3.8) is 0 Å². The molecule has 6 rings (SSSR count). The van der Waals surface area contributed by atoms with Crippen LogP contribution in [0.4, 0.5) is 0 Å². The van der Waals surface area contributed by atoms with E-state index in [2.05, 4.69) is 5.32 Å². The lowest BCUT2D eigenvalue weighted by Gasteiger charge is -2.55. The monoisotopic (exact) mass is 590 g/mol. The number of benzene rings is 2. The van der Waals surface area contributed by atoms with E-state index in [1.54, 1.807) is 30.3 Å². The Morgan fingerprint density at radius 2 is 1.47 bits per heavy atom. The van der Waals surface area contributed by atoms with Crippen molar-refractivity contribution in [1.82, 2.24) is 5.32 Å². The number of aliphatic carboxylic acids is 1. The molecule has 1 amide bonds. The molecule has 232 valence electrons.